The van der Waals surface area contributed by atoms with Crippen molar-refractivity contribution in [3.05, 3.63) is 66.0 Å². The Labute approximate surface area is 163 Å². The van der Waals surface area contributed by atoms with Crippen molar-refractivity contribution in [1.29, 1.82) is 0 Å². The number of nitrogens with one attached hydrogen (secondary N) is 1. The Kier molecular flexibility index (Phi) is 5.74. The predicted molar refractivity (Wildman–Crippen MR) is 104 cm³/mol. The van der Waals surface area contributed by atoms with E-state index in [0.29, 0.717) is 17.9 Å². The Bertz CT molecular complexity index is 1050. The highest BCUT2D eigenvalue weighted by atomic mass is 32.2. The maximum Gasteiger partial charge on any atom is 0.240 e. The van der Waals surface area contributed by atoms with E-state index in [4.69, 9.17) is 4.74 Å². The molecule has 0 radical (unpaired) electrons. The van der Waals surface area contributed by atoms with Gasteiger partial charge in [0.2, 0.25) is 15.9 Å². The topological polar surface area (TPSA) is 105 Å². The van der Waals surface area contributed by atoms with E-state index < -0.39 is 15.9 Å². The van der Waals surface area contributed by atoms with Gasteiger partial charge in [-0.05, 0) is 29.3 Å². The van der Waals surface area contributed by atoms with Gasteiger partial charge in [0, 0.05) is 13.2 Å². The molecule has 0 bridgehead atoms. The van der Waals surface area contributed by atoms with Crippen molar-refractivity contribution < 1.29 is 17.9 Å². The number of hydrogen-bond acceptors (Lipinski definition) is 6. The van der Waals surface area contributed by atoms with E-state index in [9.17, 15) is 13.2 Å². The number of hydrogen-bond donors (Lipinski definition) is 1. The lowest BCUT2D eigenvalue weighted by Gasteiger charge is -2.14. The summed E-state index contributed by atoms with van der Waals surface area (Å²) in [5, 5.41) is 6.74. The quantitative estimate of drug-likeness (QED) is 0.650. The third-order valence-corrected chi connectivity index (χ3v) is 5.31. The standard InChI is InChI=1S/C19H20N4O4S/c1-23(28(2,25)26)19(24)11-14-4-3-5-15(10-14)13-27-16-6-7-17(20-12-16)18-8-9-21-22-18/h3-10,12H,11,13H2,1-2H3,(H,21,22). The van der Waals surface area contributed by atoms with E-state index in [0.717, 1.165) is 27.5 Å². The van der Waals surface area contributed by atoms with Crippen LogP contribution in [0.2, 0.25) is 0 Å². The largest absolute Gasteiger partial charge is 0.487 e. The highest BCUT2D eigenvalue weighted by Crippen LogP contribution is 2.18. The molecule has 9 heteroatoms. The third-order valence-electron chi connectivity index (χ3n) is 4.11. The van der Waals surface area contributed by atoms with Gasteiger partial charge in [0.05, 0.1) is 30.3 Å². The summed E-state index contributed by atoms with van der Waals surface area (Å²) in [6, 6.07) is 12.8. The average Bonchev–Trinajstić information content (AvgIpc) is 3.20. The van der Waals surface area contributed by atoms with E-state index in [2.05, 4.69) is 15.2 Å². The molecule has 3 aromatic rings. The molecule has 3 rings (SSSR count). The fourth-order valence-corrected chi connectivity index (χ4v) is 2.92. The van der Waals surface area contributed by atoms with Crippen LogP contribution in [0, 0.1) is 0 Å². The van der Waals surface area contributed by atoms with Gasteiger partial charge in [-0.2, -0.15) is 5.10 Å². The zero-order valence-electron chi connectivity index (χ0n) is 15.5. The third kappa shape index (κ3) is 4.95. The number of ether oxygens (including phenoxy) is 1. The number of carbonyl (C=O) groups excluding carboxylic acids is 1. The number of sulfonamides is 1. The summed E-state index contributed by atoms with van der Waals surface area (Å²) in [6.45, 7) is 0.301. The summed E-state index contributed by atoms with van der Waals surface area (Å²) < 4.78 is 29.4. The SMILES string of the molecule is CN(C(=O)Cc1cccc(COc2ccc(-c3ccn[nH]3)nc2)c1)S(C)(=O)=O. The molecule has 146 valence electrons. The summed E-state index contributed by atoms with van der Waals surface area (Å²) in [5.74, 6) is 0.126. The smallest absolute Gasteiger partial charge is 0.240 e. The molecule has 8 nitrogen and oxygen atoms in total. The van der Waals surface area contributed by atoms with E-state index in [1.807, 2.05) is 30.3 Å². The number of pyridine rings is 1. The number of likely N-dealkylation sites (N-methyl/N-ethyl adjacent to an activating group) is 1. The highest BCUT2D eigenvalue weighted by molar-refractivity contribution is 7.88. The number of carbonyl (C=O) groups is 1. The first-order chi connectivity index (χ1) is 13.3. The summed E-state index contributed by atoms with van der Waals surface area (Å²) in [6.07, 6.45) is 4.29. The van der Waals surface area contributed by atoms with Crippen molar-refractivity contribution in [3.8, 4) is 17.1 Å². The predicted octanol–water partition coefficient (Wildman–Crippen LogP) is 2.01. The lowest BCUT2D eigenvalue weighted by Crippen LogP contribution is -2.33. The Balaban J connectivity index is 1.61. The van der Waals surface area contributed by atoms with Crippen LogP contribution in [0.3, 0.4) is 0 Å². The summed E-state index contributed by atoms with van der Waals surface area (Å²) in [5.41, 5.74) is 3.17. The Morgan fingerprint density at radius 3 is 2.61 bits per heavy atom. The monoisotopic (exact) mass is 400 g/mol. The van der Waals surface area contributed by atoms with Gasteiger partial charge in [0.1, 0.15) is 12.4 Å². The first-order valence-corrected chi connectivity index (χ1v) is 10.3. The molecular weight excluding hydrogens is 380 g/mol. The molecule has 1 aromatic carbocycles. The van der Waals surface area contributed by atoms with E-state index in [-0.39, 0.29) is 6.42 Å². The van der Waals surface area contributed by atoms with Crippen molar-refractivity contribution in [1.82, 2.24) is 19.5 Å². The van der Waals surface area contributed by atoms with E-state index >= 15 is 0 Å². The second-order valence-electron chi connectivity index (χ2n) is 6.26. The van der Waals surface area contributed by atoms with Crippen LogP contribution in [0.5, 0.6) is 5.75 Å². The minimum atomic E-state index is -3.55. The fourth-order valence-electron chi connectivity index (χ4n) is 2.49. The molecule has 0 saturated carbocycles. The first kappa shape index (κ1) is 19.6. The average molecular weight is 400 g/mol. The second kappa shape index (κ2) is 8.22. The molecule has 1 N–H and O–H groups in total. The number of rotatable bonds is 7. The number of aromatic nitrogens is 3. The molecule has 2 heterocycles. The van der Waals surface area contributed by atoms with Gasteiger partial charge in [0.15, 0.2) is 0 Å². The normalized spacial score (nSPS) is 11.2. The molecule has 0 aliphatic heterocycles. The van der Waals surface area contributed by atoms with Crippen LogP contribution < -0.4 is 4.74 Å². The van der Waals surface area contributed by atoms with Crippen molar-refractivity contribution in [2.45, 2.75) is 13.0 Å². The van der Waals surface area contributed by atoms with Gasteiger partial charge in [-0.15, -0.1) is 0 Å². The van der Waals surface area contributed by atoms with Crippen LogP contribution in [0.1, 0.15) is 11.1 Å². The summed E-state index contributed by atoms with van der Waals surface area (Å²) in [7, 11) is -2.30. The van der Waals surface area contributed by atoms with Crippen LogP contribution in [0.4, 0.5) is 0 Å². The molecule has 0 atom stereocenters. The van der Waals surface area contributed by atoms with E-state index in [1.54, 1.807) is 24.5 Å². The highest BCUT2D eigenvalue weighted by Gasteiger charge is 2.18. The fraction of sp³-hybridized carbons (Fsp3) is 0.211. The Morgan fingerprint density at radius 1 is 1.18 bits per heavy atom. The van der Waals surface area contributed by atoms with Crippen LogP contribution in [-0.2, 0) is 27.8 Å². The van der Waals surface area contributed by atoms with Crippen molar-refractivity contribution in [3.63, 3.8) is 0 Å². The van der Waals surface area contributed by atoms with Crippen molar-refractivity contribution >= 4 is 15.9 Å². The molecule has 0 saturated heterocycles. The minimum Gasteiger partial charge on any atom is -0.487 e. The van der Waals surface area contributed by atoms with Gasteiger partial charge in [-0.25, -0.2) is 12.7 Å². The molecular formula is C19H20N4O4S. The van der Waals surface area contributed by atoms with Crippen LogP contribution >= 0.6 is 0 Å². The number of H-pyrrole nitrogens is 1. The van der Waals surface area contributed by atoms with Crippen LogP contribution in [-0.4, -0.2) is 47.1 Å². The first-order valence-electron chi connectivity index (χ1n) is 8.46. The number of benzene rings is 1. The number of nitrogens with zero attached hydrogens (tertiary/aromatic N) is 3. The van der Waals surface area contributed by atoms with E-state index in [1.165, 1.54) is 7.05 Å². The number of amides is 1. The molecule has 2 aromatic heterocycles. The molecule has 0 fully saturated rings. The molecule has 0 aliphatic rings. The summed E-state index contributed by atoms with van der Waals surface area (Å²) >= 11 is 0. The lowest BCUT2D eigenvalue weighted by atomic mass is 10.1. The zero-order valence-corrected chi connectivity index (χ0v) is 16.3. The maximum atomic E-state index is 12.1. The molecule has 28 heavy (non-hydrogen) atoms. The maximum absolute atomic E-state index is 12.1. The van der Waals surface area contributed by atoms with Crippen molar-refractivity contribution in [2.24, 2.45) is 0 Å². The lowest BCUT2D eigenvalue weighted by molar-refractivity contribution is -0.124. The Hall–Kier alpha value is -3.20. The second-order valence-corrected chi connectivity index (χ2v) is 8.27. The van der Waals surface area contributed by atoms with Crippen LogP contribution in [0.15, 0.2) is 54.9 Å². The molecule has 0 aliphatic carbocycles. The molecule has 0 spiro atoms. The van der Waals surface area contributed by atoms with Crippen LogP contribution in [0.25, 0.3) is 11.4 Å². The van der Waals surface area contributed by atoms with Gasteiger partial charge < -0.3 is 4.74 Å². The number of aromatic amines is 1. The van der Waals surface area contributed by atoms with Gasteiger partial charge >= 0.3 is 0 Å². The minimum absolute atomic E-state index is 0.00214. The zero-order chi connectivity index (χ0) is 20.1. The van der Waals surface area contributed by atoms with Crippen molar-refractivity contribution in [2.75, 3.05) is 13.3 Å². The van der Waals surface area contributed by atoms with Gasteiger partial charge in [-0.3, -0.25) is 14.9 Å². The van der Waals surface area contributed by atoms with Gasteiger partial charge in [0.25, 0.3) is 0 Å². The summed E-state index contributed by atoms with van der Waals surface area (Å²) in [4.78, 5) is 16.4. The molecule has 1 amide bonds. The Morgan fingerprint density at radius 2 is 1.96 bits per heavy atom. The molecule has 0 unspecified atom stereocenters. The van der Waals surface area contributed by atoms with Gasteiger partial charge in [-0.1, -0.05) is 24.3 Å².